The molecule has 0 spiro atoms. The van der Waals surface area contributed by atoms with Gasteiger partial charge in [0.05, 0.1) is 17.0 Å². The summed E-state index contributed by atoms with van der Waals surface area (Å²) in [6.45, 7) is 0. The molecule has 3 fully saturated rings. The fourth-order valence-electron chi connectivity index (χ4n) is 5.31. The first-order valence-electron chi connectivity index (χ1n) is 9.32. The maximum atomic E-state index is 1.63. The van der Waals surface area contributed by atoms with E-state index in [1.165, 1.54) is 17.0 Å². The Morgan fingerprint density at radius 3 is 0.900 bits per heavy atom. The molecule has 20 heavy (non-hydrogen) atoms. The average molecular weight is 384 g/mol. The van der Waals surface area contributed by atoms with Crippen LogP contribution in [-0.4, -0.2) is 17.0 Å². The first-order chi connectivity index (χ1) is 9.45. The molecular weight excluding hydrogens is 350 g/mol. The van der Waals surface area contributed by atoms with Gasteiger partial charge in [0.25, 0.3) is 0 Å². The van der Waals surface area contributed by atoms with Crippen LogP contribution < -0.4 is 0 Å². The molecule has 0 nitrogen and oxygen atoms in total. The smallest absolute Gasteiger partial charge is 0.0530 e. The van der Waals surface area contributed by atoms with Crippen molar-refractivity contribution in [2.24, 2.45) is 0 Å². The van der Waals surface area contributed by atoms with Crippen molar-refractivity contribution in [1.29, 1.82) is 0 Å². The van der Waals surface area contributed by atoms with Gasteiger partial charge in [-0.15, -0.1) is 0 Å². The van der Waals surface area contributed by atoms with E-state index in [1.807, 2.05) is 0 Å². The molecule has 2 heteroatoms. The quantitative estimate of drug-likeness (QED) is 0.402. The Balaban J connectivity index is 0.00000147. The molecule has 1 radical (unpaired) electrons. The van der Waals surface area contributed by atoms with E-state index >= 15 is 0 Å². The average Bonchev–Trinajstić information content (AvgIpc) is 2.51. The van der Waals surface area contributed by atoms with Gasteiger partial charge in [-0.05, 0) is 77.0 Å². The SMILES string of the molecule is C1CCC([PH+](C2CCCCC2)C2CCCCC2)CC1.[Rh]. The second kappa shape index (κ2) is 9.25. The molecule has 0 aromatic rings. The molecule has 0 heterocycles. The van der Waals surface area contributed by atoms with Crippen molar-refractivity contribution in [2.75, 3.05) is 0 Å². The summed E-state index contributed by atoms with van der Waals surface area (Å²) < 4.78 is 0. The van der Waals surface area contributed by atoms with Gasteiger partial charge in [0.2, 0.25) is 0 Å². The van der Waals surface area contributed by atoms with Crippen molar-refractivity contribution < 1.29 is 19.5 Å². The third-order valence-electron chi connectivity index (χ3n) is 6.23. The van der Waals surface area contributed by atoms with E-state index in [1.54, 1.807) is 96.3 Å². The first kappa shape index (κ1) is 17.4. The van der Waals surface area contributed by atoms with Crippen LogP contribution >= 0.6 is 7.92 Å². The molecule has 0 bridgehead atoms. The Morgan fingerprint density at radius 1 is 0.400 bits per heavy atom. The summed E-state index contributed by atoms with van der Waals surface area (Å²) in [6, 6.07) is 0. The fraction of sp³-hybridized carbons (Fsp3) is 1.00. The molecular formula is C18H34PRh+. The molecule has 3 rings (SSSR count). The van der Waals surface area contributed by atoms with Crippen molar-refractivity contribution in [3.05, 3.63) is 0 Å². The monoisotopic (exact) mass is 384 g/mol. The van der Waals surface area contributed by atoms with E-state index in [9.17, 15) is 0 Å². The molecule has 0 atom stereocenters. The van der Waals surface area contributed by atoms with Gasteiger partial charge in [0, 0.05) is 27.4 Å². The zero-order valence-corrected chi connectivity index (χ0v) is 15.8. The van der Waals surface area contributed by atoms with E-state index < -0.39 is 0 Å². The largest absolute Gasteiger partial charge is 0.0680 e. The van der Waals surface area contributed by atoms with Gasteiger partial charge in [-0.3, -0.25) is 0 Å². The van der Waals surface area contributed by atoms with Crippen LogP contribution in [0.4, 0.5) is 0 Å². The van der Waals surface area contributed by atoms with E-state index in [4.69, 9.17) is 0 Å². The molecule has 0 N–H and O–H groups in total. The summed E-state index contributed by atoms with van der Waals surface area (Å²) in [5, 5.41) is 0. The number of hydrogen-bond acceptors (Lipinski definition) is 0. The topological polar surface area (TPSA) is 0 Å². The molecule has 119 valence electrons. The van der Waals surface area contributed by atoms with Crippen LogP contribution in [-0.2, 0) is 19.5 Å². The third-order valence-corrected chi connectivity index (χ3v) is 10.8. The van der Waals surface area contributed by atoms with Gasteiger partial charge in [0.15, 0.2) is 0 Å². The second-order valence-electron chi connectivity index (χ2n) is 7.50. The van der Waals surface area contributed by atoms with E-state index in [0.29, 0.717) is 0 Å². The van der Waals surface area contributed by atoms with Crippen LogP contribution in [0.2, 0.25) is 0 Å². The third kappa shape index (κ3) is 4.52. The van der Waals surface area contributed by atoms with Crippen LogP contribution in [0, 0.1) is 0 Å². The van der Waals surface area contributed by atoms with Crippen LogP contribution in [0.25, 0.3) is 0 Å². The Labute approximate surface area is 140 Å². The van der Waals surface area contributed by atoms with Crippen molar-refractivity contribution in [1.82, 2.24) is 0 Å². The molecule has 3 aliphatic carbocycles. The summed E-state index contributed by atoms with van der Waals surface area (Å²) in [7, 11) is -0.0465. The van der Waals surface area contributed by atoms with Crippen molar-refractivity contribution in [3.63, 3.8) is 0 Å². The van der Waals surface area contributed by atoms with Gasteiger partial charge in [-0.2, -0.15) is 0 Å². The molecule has 0 aromatic carbocycles. The second-order valence-corrected chi connectivity index (χ2v) is 11.0. The number of hydrogen-bond donors (Lipinski definition) is 0. The molecule has 0 unspecified atom stereocenters. The maximum absolute atomic E-state index is 1.63. The summed E-state index contributed by atoms with van der Waals surface area (Å²) in [6.07, 6.45) is 23.8. The van der Waals surface area contributed by atoms with Gasteiger partial charge in [-0.1, -0.05) is 19.3 Å². The summed E-state index contributed by atoms with van der Waals surface area (Å²) >= 11 is 0. The zero-order valence-electron chi connectivity index (χ0n) is 13.2. The fourth-order valence-corrected chi connectivity index (χ4v) is 10.5. The predicted molar refractivity (Wildman–Crippen MR) is 88.9 cm³/mol. The van der Waals surface area contributed by atoms with E-state index in [0.717, 1.165) is 0 Å². The molecule has 0 aromatic heterocycles. The Hall–Kier alpha value is 1.05. The summed E-state index contributed by atoms with van der Waals surface area (Å²) in [4.78, 5) is 0. The van der Waals surface area contributed by atoms with Gasteiger partial charge in [0.1, 0.15) is 0 Å². The molecule has 3 aliphatic rings. The molecule has 0 saturated heterocycles. The molecule has 0 amide bonds. The van der Waals surface area contributed by atoms with E-state index in [2.05, 4.69) is 0 Å². The maximum Gasteiger partial charge on any atom is 0.0680 e. The molecule has 3 saturated carbocycles. The van der Waals surface area contributed by atoms with Crippen molar-refractivity contribution in [3.8, 4) is 0 Å². The van der Waals surface area contributed by atoms with Gasteiger partial charge < -0.3 is 0 Å². The van der Waals surface area contributed by atoms with Crippen molar-refractivity contribution >= 4 is 7.92 Å². The molecule has 0 aliphatic heterocycles. The first-order valence-corrected chi connectivity index (χ1v) is 11.0. The van der Waals surface area contributed by atoms with E-state index in [-0.39, 0.29) is 27.4 Å². The minimum Gasteiger partial charge on any atom is -0.0530 e. The normalized spacial score (nSPS) is 27.4. The van der Waals surface area contributed by atoms with Crippen LogP contribution in [0.5, 0.6) is 0 Å². The van der Waals surface area contributed by atoms with Crippen LogP contribution in [0.1, 0.15) is 96.3 Å². The Kier molecular flexibility index (Phi) is 8.05. The summed E-state index contributed by atoms with van der Waals surface area (Å²) in [5.74, 6) is 0. The zero-order chi connectivity index (χ0) is 12.9. The standard InChI is InChI=1S/C18H33P.Rh/c1-4-10-16(11-5-1)19(17-12-6-2-7-13-17)18-14-8-3-9-15-18;/h16-18H,1-15H2;/p+1. The van der Waals surface area contributed by atoms with Crippen LogP contribution in [0.15, 0.2) is 0 Å². The minimum absolute atomic E-state index is 0. The van der Waals surface area contributed by atoms with Crippen LogP contribution in [0.3, 0.4) is 0 Å². The number of rotatable bonds is 3. The minimum atomic E-state index is -0.0465. The van der Waals surface area contributed by atoms with Crippen molar-refractivity contribution in [2.45, 2.75) is 113 Å². The predicted octanol–water partition coefficient (Wildman–Crippen LogP) is 6.20. The van der Waals surface area contributed by atoms with Gasteiger partial charge in [-0.25, -0.2) is 0 Å². The summed E-state index contributed by atoms with van der Waals surface area (Å²) in [5.41, 5.74) is 3.68. The Morgan fingerprint density at radius 2 is 0.650 bits per heavy atom. The van der Waals surface area contributed by atoms with Gasteiger partial charge >= 0.3 is 0 Å². The Bertz CT molecular complexity index is 207.